The van der Waals surface area contributed by atoms with Gasteiger partial charge in [-0.1, -0.05) is 30.3 Å². The summed E-state index contributed by atoms with van der Waals surface area (Å²) in [6.45, 7) is -0.285. The molecule has 0 aliphatic rings. The van der Waals surface area contributed by atoms with Gasteiger partial charge in [0.15, 0.2) is 23.0 Å². The number of rotatable bonds is 13. The van der Waals surface area contributed by atoms with Gasteiger partial charge in [0.2, 0.25) is 0 Å². The number of hydrogen-bond acceptors (Lipinski definition) is 8. The summed E-state index contributed by atoms with van der Waals surface area (Å²) in [4.78, 5) is 12.7. The highest BCUT2D eigenvalue weighted by atomic mass is 32.2. The standard InChI is InChI=1S/C31H30FN3O7S/c1-39-27-16-14-26(18-30(27)41-3)43(37,38)35(25-12-10-24(32)11-13-25)20-31(36)34-33-19-23-9-15-28(29(17-23)40-2)42-21-22-7-5-4-6-8-22/h4-19H,20-21H2,1-3H3,(H,34,36)/b33-19-. The smallest absolute Gasteiger partial charge is 0.264 e. The Morgan fingerprint density at radius 3 is 2.16 bits per heavy atom. The number of nitrogens with one attached hydrogen (secondary N) is 1. The minimum absolute atomic E-state index is 0.0751. The van der Waals surface area contributed by atoms with E-state index in [2.05, 4.69) is 10.5 Å². The van der Waals surface area contributed by atoms with E-state index >= 15 is 0 Å². The Labute approximate surface area is 249 Å². The lowest BCUT2D eigenvalue weighted by atomic mass is 10.2. The van der Waals surface area contributed by atoms with Gasteiger partial charge in [-0.05, 0) is 65.7 Å². The number of carbonyl (C=O) groups is 1. The van der Waals surface area contributed by atoms with Crippen LogP contribution < -0.4 is 28.7 Å². The molecule has 0 spiro atoms. The number of methoxy groups -OCH3 is 3. The molecule has 4 aromatic carbocycles. The van der Waals surface area contributed by atoms with Crippen molar-refractivity contribution in [1.82, 2.24) is 5.43 Å². The molecular formula is C31H30FN3O7S. The van der Waals surface area contributed by atoms with Crippen LogP contribution in [0.2, 0.25) is 0 Å². The topological polar surface area (TPSA) is 116 Å². The number of anilines is 1. The Morgan fingerprint density at radius 1 is 0.837 bits per heavy atom. The fourth-order valence-corrected chi connectivity index (χ4v) is 5.43. The Kier molecular flexibility index (Phi) is 10.2. The van der Waals surface area contributed by atoms with E-state index in [0.29, 0.717) is 29.4 Å². The van der Waals surface area contributed by atoms with Gasteiger partial charge >= 0.3 is 0 Å². The average Bonchev–Trinajstić information content (AvgIpc) is 3.03. The van der Waals surface area contributed by atoms with Crippen molar-refractivity contribution in [2.24, 2.45) is 5.10 Å². The molecular weight excluding hydrogens is 577 g/mol. The van der Waals surface area contributed by atoms with Gasteiger partial charge in [0.05, 0.1) is 38.1 Å². The molecule has 0 saturated carbocycles. The Balaban J connectivity index is 1.49. The van der Waals surface area contributed by atoms with E-state index in [1.54, 1.807) is 18.2 Å². The van der Waals surface area contributed by atoms with Crippen LogP contribution >= 0.6 is 0 Å². The third-order valence-electron chi connectivity index (χ3n) is 6.17. The SMILES string of the molecule is COc1ccc(S(=O)(=O)N(CC(=O)N/N=C\c2ccc(OCc3ccccc3)c(OC)c2)c2ccc(F)cc2)cc1OC. The van der Waals surface area contributed by atoms with E-state index in [1.807, 2.05) is 30.3 Å². The van der Waals surface area contributed by atoms with Crippen molar-refractivity contribution < 1.29 is 36.6 Å². The maximum atomic E-state index is 13.7. The van der Waals surface area contributed by atoms with E-state index in [1.165, 1.54) is 57.9 Å². The van der Waals surface area contributed by atoms with E-state index in [4.69, 9.17) is 18.9 Å². The minimum atomic E-state index is -4.30. The fourth-order valence-electron chi connectivity index (χ4n) is 3.99. The molecule has 0 unspecified atom stereocenters. The molecule has 43 heavy (non-hydrogen) atoms. The molecule has 1 amide bonds. The van der Waals surface area contributed by atoms with E-state index < -0.39 is 28.3 Å². The number of nitrogens with zero attached hydrogens (tertiary/aromatic N) is 2. The van der Waals surface area contributed by atoms with Crippen molar-refractivity contribution in [2.75, 3.05) is 32.2 Å². The number of benzene rings is 4. The first kappa shape index (κ1) is 30.8. The van der Waals surface area contributed by atoms with Crippen LogP contribution in [0.25, 0.3) is 0 Å². The molecule has 0 atom stereocenters. The van der Waals surface area contributed by atoms with Crippen LogP contribution in [0.4, 0.5) is 10.1 Å². The largest absolute Gasteiger partial charge is 0.493 e. The first-order chi connectivity index (χ1) is 20.7. The molecule has 12 heteroatoms. The van der Waals surface area contributed by atoms with Gasteiger partial charge < -0.3 is 18.9 Å². The van der Waals surface area contributed by atoms with Crippen molar-refractivity contribution in [1.29, 1.82) is 0 Å². The summed E-state index contributed by atoms with van der Waals surface area (Å²) in [5.74, 6) is 0.211. The number of hydrazone groups is 1. The van der Waals surface area contributed by atoms with Gasteiger partial charge in [-0.2, -0.15) is 5.10 Å². The molecule has 224 valence electrons. The van der Waals surface area contributed by atoms with Crippen LogP contribution in [0.15, 0.2) is 101 Å². The highest BCUT2D eigenvalue weighted by Gasteiger charge is 2.28. The van der Waals surface area contributed by atoms with Gasteiger partial charge in [0.1, 0.15) is 19.0 Å². The predicted octanol–water partition coefficient (Wildman–Crippen LogP) is 4.78. The molecule has 4 aromatic rings. The lowest BCUT2D eigenvalue weighted by molar-refractivity contribution is -0.119. The lowest BCUT2D eigenvalue weighted by Crippen LogP contribution is -2.39. The van der Waals surface area contributed by atoms with Crippen LogP contribution in [0.5, 0.6) is 23.0 Å². The Bertz CT molecular complexity index is 1680. The maximum Gasteiger partial charge on any atom is 0.264 e. The average molecular weight is 608 g/mol. The fraction of sp³-hybridized carbons (Fsp3) is 0.161. The third kappa shape index (κ3) is 7.80. The van der Waals surface area contributed by atoms with E-state index in [0.717, 1.165) is 22.0 Å². The number of carbonyl (C=O) groups excluding carboxylic acids is 1. The second-order valence-corrected chi connectivity index (χ2v) is 10.8. The first-order valence-corrected chi connectivity index (χ1v) is 14.4. The molecule has 10 nitrogen and oxygen atoms in total. The Morgan fingerprint density at radius 2 is 1.49 bits per heavy atom. The first-order valence-electron chi connectivity index (χ1n) is 12.9. The molecule has 1 N–H and O–H groups in total. The molecule has 0 radical (unpaired) electrons. The van der Waals surface area contributed by atoms with Gasteiger partial charge in [-0.3, -0.25) is 9.10 Å². The van der Waals surface area contributed by atoms with Gasteiger partial charge in [0, 0.05) is 6.07 Å². The van der Waals surface area contributed by atoms with Crippen molar-refractivity contribution in [3.05, 3.63) is 108 Å². The van der Waals surface area contributed by atoms with Crippen LogP contribution in [0.3, 0.4) is 0 Å². The summed E-state index contributed by atoms with van der Waals surface area (Å²) in [5, 5.41) is 3.97. The summed E-state index contributed by atoms with van der Waals surface area (Å²) in [6.07, 6.45) is 1.38. The maximum absolute atomic E-state index is 13.7. The van der Waals surface area contributed by atoms with Crippen molar-refractivity contribution in [3.8, 4) is 23.0 Å². The molecule has 0 bridgehead atoms. The van der Waals surface area contributed by atoms with Crippen LogP contribution in [0, 0.1) is 5.82 Å². The molecule has 0 heterocycles. The summed E-state index contributed by atoms with van der Waals surface area (Å²) in [5.41, 5.74) is 4.01. The normalized spacial score (nSPS) is 11.2. The molecule has 0 saturated heterocycles. The monoisotopic (exact) mass is 607 g/mol. The molecule has 0 aliphatic carbocycles. The van der Waals surface area contributed by atoms with Crippen LogP contribution in [0.1, 0.15) is 11.1 Å². The van der Waals surface area contributed by atoms with E-state index in [-0.39, 0.29) is 16.3 Å². The van der Waals surface area contributed by atoms with Gasteiger partial charge in [0.25, 0.3) is 15.9 Å². The number of hydrogen-bond donors (Lipinski definition) is 1. The summed E-state index contributed by atoms with van der Waals surface area (Å²) < 4.78 is 63.5. The number of sulfonamides is 1. The van der Waals surface area contributed by atoms with Crippen LogP contribution in [-0.2, 0) is 21.4 Å². The van der Waals surface area contributed by atoms with Gasteiger partial charge in [-0.25, -0.2) is 18.2 Å². The van der Waals surface area contributed by atoms with Crippen molar-refractivity contribution in [2.45, 2.75) is 11.5 Å². The van der Waals surface area contributed by atoms with E-state index in [9.17, 15) is 17.6 Å². The zero-order chi connectivity index (χ0) is 30.8. The van der Waals surface area contributed by atoms with Crippen LogP contribution in [-0.4, -0.2) is 48.4 Å². The third-order valence-corrected chi connectivity index (χ3v) is 7.94. The second kappa shape index (κ2) is 14.2. The molecule has 4 rings (SSSR count). The second-order valence-electron chi connectivity index (χ2n) is 8.98. The number of halogens is 1. The highest BCUT2D eigenvalue weighted by Crippen LogP contribution is 2.32. The number of amides is 1. The highest BCUT2D eigenvalue weighted by molar-refractivity contribution is 7.92. The minimum Gasteiger partial charge on any atom is -0.493 e. The zero-order valence-electron chi connectivity index (χ0n) is 23.7. The lowest BCUT2D eigenvalue weighted by Gasteiger charge is -2.24. The summed E-state index contributed by atoms with van der Waals surface area (Å²) in [7, 11) is 0.00210. The van der Waals surface area contributed by atoms with Crippen molar-refractivity contribution >= 4 is 27.8 Å². The summed E-state index contributed by atoms with van der Waals surface area (Å²) in [6, 6.07) is 23.6. The molecule has 0 fully saturated rings. The number of ether oxygens (including phenoxy) is 4. The molecule has 0 aromatic heterocycles. The predicted molar refractivity (Wildman–Crippen MR) is 160 cm³/mol. The van der Waals surface area contributed by atoms with Gasteiger partial charge in [-0.15, -0.1) is 0 Å². The molecule has 0 aliphatic heterocycles. The summed E-state index contributed by atoms with van der Waals surface area (Å²) >= 11 is 0. The Hall–Kier alpha value is -5.10. The zero-order valence-corrected chi connectivity index (χ0v) is 24.5. The quantitative estimate of drug-likeness (QED) is 0.172. The van der Waals surface area contributed by atoms with Crippen molar-refractivity contribution in [3.63, 3.8) is 0 Å².